The number of hydrogen-bond donors (Lipinski definition) is 1. The van der Waals surface area contributed by atoms with E-state index in [4.69, 9.17) is 10.00 Å². The molecule has 3 unspecified atom stereocenters. The Kier molecular flexibility index (Phi) is 1.06. The highest BCUT2D eigenvalue weighted by atomic mass is 16.6. The molecule has 2 bridgehead atoms. The predicted molar refractivity (Wildman–Crippen MR) is 40.1 cm³/mol. The maximum Gasteiger partial charge on any atom is 0.327 e. The molecule has 5 atom stereocenters. The van der Waals surface area contributed by atoms with Crippen molar-refractivity contribution < 1.29 is 14.6 Å². The minimum atomic E-state index is -0.908. The molecule has 0 radical (unpaired) electrons. The Balaban J connectivity index is 2.12. The van der Waals surface area contributed by atoms with Gasteiger partial charge >= 0.3 is 5.97 Å². The number of carbonyl (C=O) groups excluding carboxylic acids is 1. The van der Waals surface area contributed by atoms with Crippen LogP contribution in [0.25, 0.3) is 0 Å². The van der Waals surface area contributed by atoms with Crippen LogP contribution in [0.4, 0.5) is 0 Å². The number of nitrogens with zero attached hydrogens (tertiary/aromatic N) is 1. The van der Waals surface area contributed by atoms with Gasteiger partial charge in [-0.05, 0) is 18.8 Å². The molecule has 3 aliphatic rings. The topological polar surface area (TPSA) is 70.3 Å². The summed E-state index contributed by atoms with van der Waals surface area (Å²) in [6.07, 6.45) is 0.333. The van der Waals surface area contributed by atoms with Gasteiger partial charge in [-0.2, -0.15) is 5.26 Å². The number of aliphatic hydroxyl groups is 1. The van der Waals surface area contributed by atoms with Crippen LogP contribution in [0.5, 0.6) is 0 Å². The minimum absolute atomic E-state index is 0.0509. The highest BCUT2D eigenvalue weighted by molar-refractivity contribution is 5.84. The van der Waals surface area contributed by atoms with Crippen LogP contribution in [0.1, 0.15) is 12.8 Å². The molecule has 2 aliphatic carbocycles. The van der Waals surface area contributed by atoms with Crippen LogP contribution in [0.2, 0.25) is 0 Å². The van der Waals surface area contributed by atoms with E-state index in [1.165, 1.54) is 0 Å². The first-order chi connectivity index (χ1) is 6.19. The van der Waals surface area contributed by atoms with Gasteiger partial charge in [0.25, 0.3) is 0 Å². The quantitative estimate of drug-likeness (QED) is 0.524. The molecular formula is C9H9NO3. The number of nitriles is 1. The number of esters is 1. The lowest BCUT2D eigenvalue weighted by atomic mass is 9.75. The van der Waals surface area contributed by atoms with Gasteiger partial charge in [0.05, 0.1) is 12.2 Å². The molecular weight excluding hydrogens is 170 g/mol. The molecule has 13 heavy (non-hydrogen) atoms. The third kappa shape index (κ3) is 0.574. The molecule has 1 heterocycles. The lowest BCUT2D eigenvalue weighted by Crippen LogP contribution is -2.36. The Morgan fingerprint density at radius 2 is 2.46 bits per heavy atom. The molecule has 0 aromatic rings. The zero-order valence-electron chi connectivity index (χ0n) is 6.93. The van der Waals surface area contributed by atoms with Gasteiger partial charge < -0.3 is 9.84 Å². The molecule has 1 N–H and O–H groups in total. The summed E-state index contributed by atoms with van der Waals surface area (Å²) in [6, 6.07) is 2.08. The fraction of sp³-hybridized carbons (Fsp3) is 0.778. The van der Waals surface area contributed by atoms with Gasteiger partial charge in [-0.3, -0.25) is 4.79 Å². The number of fused-ring (bicyclic) bond motifs is 1. The molecule has 3 fully saturated rings. The standard InChI is InChI=1S/C9H9NO3/c10-3-9-2-4-1-5(9)7(6(4)11)13-8(9)12/h4-7,11H,1-2H2/t4-,5-,6?,7?,9?/m0/s1. The third-order valence-electron chi connectivity index (χ3n) is 3.80. The third-order valence-corrected chi connectivity index (χ3v) is 3.80. The summed E-state index contributed by atoms with van der Waals surface area (Å²) >= 11 is 0. The zero-order valence-corrected chi connectivity index (χ0v) is 6.93. The monoisotopic (exact) mass is 179 g/mol. The van der Waals surface area contributed by atoms with Gasteiger partial charge in [-0.15, -0.1) is 0 Å². The van der Waals surface area contributed by atoms with Crippen LogP contribution in [-0.4, -0.2) is 23.3 Å². The van der Waals surface area contributed by atoms with E-state index in [1.807, 2.05) is 0 Å². The fourth-order valence-electron chi connectivity index (χ4n) is 3.15. The minimum Gasteiger partial charge on any atom is -0.458 e. The van der Waals surface area contributed by atoms with E-state index < -0.39 is 23.6 Å². The van der Waals surface area contributed by atoms with Crippen molar-refractivity contribution in [3.8, 4) is 6.07 Å². The maximum absolute atomic E-state index is 11.4. The Labute approximate surface area is 75.1 Å². The van der Waals surface area contributed by atoms with Gasteiger partial charge in [0.1, 0.15) is 6.10 Å². The first-order valence-corrected chi connectivity index (χ1v) is 4.49. The lowest BCUT2D eigenvalue weighted by Gasteiger charge is -2.23. The molecule has 0 amide bonds. The number of aliphatic hydroxyl groups excluding tert-OH is 1. The second kappa shape index (κ2) is 1.88. The molecule has 3 rings (SSSR count). The number of rotatable bonds is 0. The van der Waals surface area contributed by atoms with Crippen LogP contribution in [0.15, 0.2) is 0 Å². The van der Waals surface area contributed by atoms with E-state index in [2.05, 4.69) is 6.07 Å². The van der Waals surface area contributed by atoms with E-state index in [9.17, 15) is 9.90 Å². The van der Waals surface area contributed by atoms with Crippen molar-refractivity contribution in [2.45, 2.75) is 25.0 Å². The van der Waals surface area contributed by atoms with E-state index in [1.54, 1.807) is 0 Å². The largest absolute Gasteiger partial charge is 0.458 e. The molecule has 4 heteroatoms. The van der Waals surface area contributed by atoms with Crippen molar-refractivity contribution in [1.29, 1.82) is 5.26 Å². The Morgan fingerprint density at radius 1 is 1.69 bits per heavy atom. The van der Waals surface area contributed by atoms with Crippen LogP contribution >= 0.6 is 0 Å². The van der Waals surface area contributed by atoms with Crippen LogP contribution in [0.3, 0.4) is 0 Å². The molecule has 1 saturated heterocycles. The van der Waals surface area contributed by atoms with E-state index in [0.717, 1.165) is 6.42 Å². The van der Waals surface area contributed by atoms with E-state index >= 15 is 0 Å². The summed E-state index contributed by atoms with van der Waals surface area (Å²) in [7, 11) is 0. The highest BCUT2D eigenvalue weighted by Crippen LogP contribution is 2.61. The second-order valence-electron chi connectivity index (χ2n) is 4.25. The maximum atomic E-state index is 11.4. The normalized spacial score (nSPS) is 56.5. The van der Waals surface area contributed by atoms with Crippen LogP contribution < -0.4 is 0 Å². The second-order valence-corrected chi connectivity index (χ2v) is 4.25. The van der Waals surface area contributed by atoms with E-state index in [-0.39, 0.29) is 11.8 Å². The zero-order chi connectivity index (χ0) is 9.22. The van der Waals surface area contributed by atoms with Crippen LogP contribution in [0, 0.1) is 28.6 Å². The molecule has 0 aromatic heterocycles. The Hall–Kier alpha value is -1.08. The highest BCUT2D eigenvalue weighted by Gasteiger charge is 2.70. The molecule has 4 nitrogen and oxygen atoms in total. The summed E-state index contributed by atoms with van der Waals surface area (Å²) in [5.74, 6) is -0.366. The van der Waals surface area contributed by atoms with Crippen molar-refractivity contribution in [3.63, 3.8) is 0 Å². The van der Waals surface area contributed by atoms with Crippen molar-refractivity contribution in [1.82, 2.24) is 0 Å². The van der Waals surface area contributed by atoms with Gasteiger partial charge in [0.2, 0.25) is 0 Å². The number of ether oxygens (including phenoxy) is 1. The van der Waals surface area contributed by atoms with Gasteiger partial charge in [-0.25, -0.2) is 0 Å². The van der Waals surface area contributed by atoms with Crippen LogP contribution in [-0.2, 0) is 9.53 Å². The fourth-order valence-corrected chi connectivity index (χ4v) is 3.15. The SMILES string of the molecule is N#CC12C[C@@H]3C[C@H]1C(OC2=O)C3O. The van der Waals surface area contributed by atoms with Gasteiger partial charge in [0.15, 0.2) is 5.41 Å². The lowest BCUT2D eigenvalue weighted by molar-refractivity contribution is -0.147. The molecule has 2 saturated carbocycles. The van der Waals surface area contributed by atoms with Crippen molar-refractivity contribution in [2.75, 3.05) is 0 Å². The van der Waals surface area contributed by atoms with Gasteiger partial charge in [0, 0.05) is 5.92 Å². The van der Waals surface area contributed by atoms with Crippen molar-refractivity contribution >= 4 is 5.97 Å². The first kappa shape index (κ1) is 7.34. The first-order valence-electron chi connectivity index (χ1n) is 4.49. The molecule has 1 aliphatic heterocycles. The average molecular weight is 179 g/mol. The summed E-state index contributed by atoms with van der Waals surface area (Å²) < 4.78 is 5.03. The smallest absolute Gasteiger partial charge is 0.327 e. The molecule has 0 spiro atoms. The summed E-state index contributed by atoms with van der Waals surface area (Å²) in [4.78, 5) is 11.4. The van der Waals surface area contributed by atoms with E-state index in [0.29, 0.717) is 6.42 Å². The van der Waals surface area contributed by atoms with Crippen molar-refractivity contribution in [3.05, 3.63) is 0 Å². The summed E-state index contributed by atoms with van der Waals surface area (Å²) in [5.41, 5.74) is -0.908. The molecule has 0 aromatic carbocycles. The summed E-state index contributed by atoms with van der Waals surface area (Å²) in [6.45, 7) is 0. The van der Waals surface area contributed by atoms with Crippen molar-refractivity contribution in [2.24, 2.45) is 17.3 Å². The van der Waals surface area contributed by atoms with Gasteiger partial charge in [-0.1, -0.05) is 0 Å². The Bertz CT molecular complexity index is 334. The Morgan fingerprint density at radius 3 is 3.08 bits per heavy atom. The molecule has 68 valence electrons. The predicted octanol–water partition coefficient (Wildman–Crippen LogP) is -0.178. The average Bonchev–Trinajstić information content (AvgIpc) is 2.68. The number of hydrogen-bond acceptors (Lipinski definition) is 4. The summed E-state index contributed by atoms with van der Waals surface area (Å²) in [5, 5.41) is 18.6. The number of carbonyl (C=O) groups is 1.